The van der Waals surface area contributed by atoms with Gasteiger partial charge in [0.2, 0.25) is 0 Å². The number of unbranched alkanes of at least 4 members (excludes halogenated alkanes) is 3. The van der Waals surface area contributed by atoms with Crippen LogP contribution in [0.2, 0.25) is 0 Å². The summed E-state index contributed by atoms with van der Waals surface area (Å²) >= 11 is 1.18. The van der Waals surface area contributed by atoms with Gasteiger partial charge in [0.15, 0.2) is 11.0 Å². The van der Waals surface area contributed by atoms with E-state index in [1.807, 2.05) is 19.9 Å². The molecule has 0 fully saturated rings. The molecule has 174 valence electrons. The standard InChI is InChI=1S/C20H28N2O5S2.C2H6/c1-5-6-7-8-10-21-14-12-17(26-3)15(13-16(14)25-2)22-29(24)18-9-11-28-19(18)20(23)27-4;1-2/h9,11-13,21-22H,5-8,10H2,1-4H3;1-2H3. The van der Waals surface area contributed by atoms with E-state index in [0.29, 0.717) is 27.0 Å². The maximum atomic E-state index is 12.8. The second-order valence-corrected chi connectivity index (χ2v) is 8.31. The van der Waals surface area contributed by atoms with E-state index in [-0.39, 0.29) is 0 Å². The number of methoxy groups -OCH3 is 3. The molecule has 1 aromatic heterocycles. The third kappa shape index (κ3) is 7.74. The van der Waals surface area contributed by atoms with E-state index in [0.717, 1.165) is 18.7 Å². The minimum Gasteiger partial charge on any atom is -0.495 e. The van der Waals surface area contributed by atoms with Gasteiger partial charge in [-0.3, -0.25) is 4.72 Å². The highest BCUT2D eigenvalue weighted by Gasteiger charge is 2.20. The van der Waals surface area contributed by atoms with Gasteiger partial charge in [-0.25, -0.2) is 9.00 Å². The molecule has 0 saturated heterocycles. The van der Waals surface area contributed by atoms with Crippen LogP contribution in [0.5, 0.6) is 11.5 Å². The first kappa shape index (κ1) is 26.8. The van der Waals surface area contributed by atoms with Crippen LogP contribution < -0.4 is 19.5 Å². The van der Waals surface area contributed by atoms with E-state index < -0.39 is 17.0 Å². The Morgan fingerprint density at radius 1 is 1.03 bits per heavy atom. The van der Waals surface area contributed by atoms with Gasteiger partial charge in [0.1, 0.15) is 16.4 Å². The van der Waals surface area contributed by atoms with Crippen LogP contribution in [0.4, 0.5) is 11.4 Å². The zero-order valence-electron chi connectivity index (χ0n) is 19.2. The normalized spacial score (nSPS) is 11.0. The Balaban J connectivity index is 0.00000233. The molecule has 2 N–H and O–H groups in total. The van der Waals surface area contributed by atoms with Gasteiger partial charge >= 0.3 is 5.97 Å². The van der Waals surface area contributed by atoms with Crippen molar-refractivity contribution in [3.63, 3.8) is 0 Å². The Labute approximate surface area is 192 Å². The SMILES string of the molecule is CC.CCCCCCNc1cc(OC)c(NS(=O)c2ccsc2C(=O)OC)cc1OC. The van der Waals surface area contributed by atoms with Crippen molar-refractivity contribution in [2.75, 3.05) is 37.9 Å². The predicted octanol–water partition coefficient (Wildman–Crippen LogP) is 5.71. The second-order valence-electron chi connectivity index (χ2n) is 6.22. The Kier molecular flexibility index (Phi) is 12.7. The molecule has 1 aromatic carbocycles. The van der Waals surface area contributed by atoms with Crippen molar-refractivity contribution >= 4 is 39.7 Å². The molecule has 0 aliphatic heterocycles. The highest BCUT2D eigenvalue weighted by Crippen LogP contribution is 2.37. The van der Waals surface area contributed by atoms with Crippen LogP contribution >= 0.6 is 11.3 Å². The first-order valence-electron chi connectivity index (χ1n) is 10.4. The summed E-state index contributed by atoms with van der Waals surface area (Å²) in [6.45, 7) is 7.01. The fourth-order valence-electron chi connectivity index (χ4n) is 2.73. The summed E-state index contributed by atoms with van der Waals surface area (Å²) < 4.78 is 31.4. The van der Waals surface area contributed by atoms with Crippen molar-refractivity contribution in [1.29, 1.82) is 0 Å². The van der Waals surface area contributed by atoms with Gasteiger partial charge in [-0.15, -0.1) is 11.3 Å². The van der Waals surface area contributed by atoms with Crippen molar-refractivity contribution in [3.05, 3.63) is 28.5 Å². The Bertz CT molecular complexity index is 839. The Hall–Kier alpha value is -2.26. The van der Waals surface area contributed by atoms with E-state index in [9.17, 15) is 9.00 Å². The van der Waals surface area contributed by atoms with E-state index in [4.69, 9.17) is 14.2 Å². The molecule has 1 atom stereocenters. The largest absolute Gasteiger partial charge is 0.495 e. The van der Waals surface area contributed by atoms with Gasteiger partial charge in [-0.2, -0.15) is 0 Å². The van der Waals surface area contributed by atoms with Crippen molar-refractivity contribution in [3.8, 4) is 11.5 Å². The molecule has 31 heavy (non-hydrogen) atoms. The average molecular weight is 471 g/mol. The summed E-state index contributed by atoms with van der Waals surface area (Å²) in [7, 11) is 2.75. The lowest BCUT2D eigenvalue weighted by Crippen LogP contribution is -2.11. The molecule has 1 unspecified atom stereocenters. The van der Waals surface area contributed by atoms with Crippen LogP contribution in [0.3, 0.4) is 0 Å². The number of ether oxygens (including phenoxy) is 3. The van der Waals surface area contributed by atoms with Crippen molar-refractivity contribution in [1.82, 2.24) is 0 Å². The van der Waals surface area contributed by atoms with Crippen molar-refractivity contribution in [2.24, 2.45) is 0 Å². The fraction of sp³-hybridized carbons (Fsp3) is 0.500. The molecule has 0 radical (unpaired) electrons. The number of benzene rings is 1. The first-order chi connectivity index (χ1) is 15.0. The lowest BCUT2D eigenvalue weighted by atomic mass is 10.2. The smallest absolute Gasteiger partial charge is 0.349 e. The number of nitrogens with one attached hydrogen (secondary N) is 2. The minimum absolute atomic E-state index is 0.301. The van der Waals surface area contributed by atoms with Crippen LogP contribution in [-0.2, 0) is 15.7 Å². The highest BCUT2D eigenvalue weighted by atomic mass is 32.2. The lowest BCUT2D eigenvalue weighted by molar-refractivity contribution is 0.0602. The summed E-state index contributed by atoms with van der Waals surface area (Å²) in [6.07, 6.45) is 4.64. The van der Waals surface area contributed by atoms with E-state index in [1.54, 1.807) is 31.7 Å². The Morgan fingerprint density at radius 2 is 1.68 bits per heavy atom. The summed E-state index contributed by atoms with van der Waals surface area (Å²) in [5.41, 5.74) is 1.31. The van der Waals surface area contributed by atoms with Gasteiger partial charge in [-0.1, -0.05) is 40.0 Å². The number of carbonyl (C=O) groups is 1. The summed E-state index contributed by atoms with van der Waals surface area (Å²) in [4.78, 5) is 12.5. The van der Waals surface area contributed by atoms with Crippen LogP contribution in [0.25, 0.3) is 0 Å². The van der Waals surface area contributed by atoms with Crippen molar-refractivity contribution < 1.29 is 23.2 Å². The van der Waals surface area contributed by atoms with Gasteiger partial charge in [0.25, 0.3) is 0 Å². The van der Waals surface area contributed by atoms with Crippen LogP contribution in [-0.4, -0.2) is 38.1 Å². The molecular formula is C22H34N2O5S2. The highest BCUT2D eigenvalue weighted by molar-refractivity contribution is 7.86. The summed E-state index contributed by atoms with van der Waals surface area (Å²) in [5.74, 6) is 0.613. The molecule has 2 rings (SSSR count). The van der Waals surface area contributed by atoms with Crippen molar-refractivity contribution in [2.45, 2.75) is 51.3 Å². The molecule has 0 bridgehead atoms. The topological polar surface area (TPSA) is 85.9 Å². The number of hydrogen-bond acceptors (Lipinski definition) is 7. The van der Waals surface area contributed by atoms with Gasteiger partial charge < -0.3 is 19.5 Å². The van der Waals surface area contributed by atoms with Crippen LogP contribution in [0.15, 0.2) is 28.5 Å². The van der Waals surface area contributed by atoms with E-state index >= 15 is 0 Å². The molecule has 0 aliphatic carbocycles. The molecular weight excluding hydrogens is 436 g/mol. The molecule has 0 spiro atoms. The summed E-state index contributed by atoms with van der Waals surface area (Å²) in [5, 5.41) is 5.07. The number of carbonyl (C=O) groups excluding carboxylic acids is 1. The number of esters is 1. The van der Waals surface area contributed by atoms with Gasteiger partial charge in [0, 0.05) is 18.7 Å². The third-order valence-electron chi connectivity index (χ3n) is 4.27. The van der Waals surface area contributed by atoms with Crippen LogP contribution in [0, 0.1) is 0 Å². The fourth-order valence-corrected chi connectivity index (χ4v) is 4.80. The number of thiophene rings is 1. The second kappa shape index (κ2) is 14.7. The third-order valence-corrected chi connectivity index (χ3v) is 6.44. The zero-order chi connectivity index (χ0) is 23.2. The maximum Gasteiger partial charge on any atom is 0.349 e. The maximum absolute atomic E-state index is 12.8. The molecule has 0 aliphatic rings. The quantitative estimate of drug-likeness (QED) is 0.305. The minimum atomic E-state index is -1.67. The zero-order valence-corrected chi connectivity index (χ0v) is 20.8. The van der Waals surface area contributed by atoms with Gasteiger partial charge in [0.05, 0.1) is 37.6 Å². The van der Waals surface area contributed by atoms with Crippen LogP contribution in [0.1, 0.15) is 56.1 Å². The molecule has 2 aromatic rings. The van der Waals surface area contributed by atoms with Gasteiger partial charge in [-0.05, 0) is 17.9 Å². The number of anilines is 2. The lowest BCUT2D eigenvalue weighted by Gasteiger charge is -2.17. The summed E-state index contributed by atoms with van der Waals surface area (Å²) in [6, 6.07) is 5.18. The monoisotopic (exact) mass is 470 g/mol. The van der Waals surface area contributed by atoms with E-state index in [2.05, 4.69) is 17.0 Å². The first-order valence-corrected chi connectivity index (χ1v) is 12.4. The Morgan fingerprint density at radius 3 is 2.29 bits per heavy atom. The average Bonchev–Trinajstić information content (AvgIpc) is 3.30. The molecule has 1 heterocycles. The molecule has 9 heteroatoms. The van der Waals surface area contributed by atoms with E-state index in [1.165, 1.54) is 37.7 Å². The number of rotatable bonds is 12. The molecule has 0 saturated carbocycles. The molecule has 0 amide bonds. The predicted molar refractivity (Wildman–Crippen MR) is 129 cm³/mol. The number of hydrogen-bond donors (Lipinski definition) is 2. The molecule has 7 nitrogen and oxygen atoms in total.